The summed E-state index contributed by atoms with van der Waals surface area (Å²) in [6.45, 7) is 4.37. The van der Waals surface area contributed by atoms with Gasteiger partial charge in [0.05, 0.1) is 12.5 Å². The Morgan fingerprint density at radius 2 is 1.75 bits per heavy atom. The summed E-state index contributed by atoms with van der Waals surface area (Å²) in [7, 11) is 0. The number of likely N-dealkylation sites (tertiary alicyclic amines) is 1. The van der Waals surface area contributed by atoms with Crippen molar-refractivity contribution in [2.75, 3.05) is 30.3 Å². The molecule has 0 spiro atoms. The third-order valence-corrected chi connectivity index (χ3v) is 6.05. The van der Waals surface area contributed by atoms with Gasteiger partial charge >= 0.3 is 0 Å². The number of anilines is 2. The average Bonchev–Trinajstić information content (AvgIpc) is 2.90. The van der Waals surface area contributed by atoms with Crippen LogP contribution < -0.4 is 16.4 Å². The van der Waals surface area contributed by atoms with Gasteiger partial charge < -0.3 is 16.4 Å². The third kappa shape index (κ3) is 5.79. The number of rotatable bonds is 5. The monoisotopic (exact) mass is 386 g/mol. The number of hydrogen-bond donors (Lipinski definition) is 3. The predicted octanol–water partition coefficient (Wildman–Crippen LogP) is 3.35. The zero-order valence-corrected chi connectivity index (χ0v) is 17.0. The predicted molar refractivity (Wildman–Crippen MR) is 113 cm³/mol. The van der Waals surface area contributed by atoms with Gasteiger partial charge in [0.2, 0.25) is 11.8 Å². The van der Waals surface area contributed by atoms with E-state index in [9.17, 15) is 9.59 Å². The molecule has 4 N–H and O–H groups in total. The molecule has 1 heterocycles. The standard InChI is InChI=1S/C22H34N4O2/c1-22(23)12-5-4-11-19(22)21(28)25-18-10-8-9-17(15-18)24-20(27)16-26-13-6-2-3-7-14-26/h8-10,15,19H,2-7,11-14,16,23H2,1H3,(H,24,27)(H,25,28). The van der Waals surface area contributed by atoms with Gasteiger partial charge in [-0.15, -0.1) is 0 Å². The Kier molecular flexibility index (Phi) is 7.08. The van der Waals surface area contributed by atoms with Crippen LogP contribution in [-0.2, 0) is 9.59 Å². The van der Waals surface area contributed by atoms with E-state index in [2.05, 4.69) is 15.5 Å². The smallest absolute Gasteiger partial charge is 0.238 e. The van der Waals surface area contributed by atoms with Crippen molar-refractivity contribution in [3.63, 3.8) is 0 Å². The highest BCUT2D eigenvalue weighted by Crippen LogP contribution is 2.32. The first-order valence-corrected chi connectivity index (χ1v) is 10.7. The van der Waals surface area contributed by atoms with Gasteiger partial charge in [0.15, 0.2) is 0 Å². The Labute approximate surface area is 168 Å². The summed E-state index contributed by atoms with van der Waals surface area (Å²) in [6, 6.07) is 7.36. The maximum absolute atomic E-state index is 12.7. The van der Waals surface area contributed by atoms with Gasteiger partial charge in [0, 0.05) is 16.9 Å². The van der Waals surface area contributed by atoms with E-state index in [1.807, 2.05) is 31.2 Å². The molecule has 1 aliphatic carbocycles. The van der Waals surface area contributed by atoms with Gasteiger partial charge in [-0.05, 0) is 63.9 Å². The highest BCUT2D eigenvalue weighted by Gasteiger charge is 2.37. The Bertz CT molecular complexity index is 681. The fraction of sp³-hybridized carbons (Fsp3) is 0.636. The molecular weight excluding hydrogens is 352 g/mol. The van der Waals surface area contributed by atoms with Crippen LogP contribution in [0.25, 0.3) is 0 Å². The highest BCUT2D eigenvalue weighted by atomic mass is 16.2. The van der Waals surface area contributed by atoms with Crippen LogP contribution in [-0.4, -0.2) is 41.9 Å². The first kappa shape index (κ1) is 20.8. The van der Waals surface area contributed by atoms with Gasteiger partial charge in [0.25, 0.3) is 0 Å². The second kappa shape index (κ2) is 9.52. The molecule has 1 aromatic carbocycles. The summed E-state index contributed by atoms with van der Waals surface area (Å²) in [5, 5.41) is 5.95. The molecule has 1 saturated carbocycles. The second-order valence-corrected chi connectivity index (χ2v) is 8.61. The summed E-state index contributed by atoms with van der Waals surface area (Å²) in [5.74, 6) is -0.215. The zero-order chi connectivity index (χ0) is 20.0. The van der Waals surface area contributed by atoms with Crippen molar-refractivity contribution in [2.45, 2.75) is 63.8 Å². The number of hydrogen-bond acceptors (Lipinski definition) is 4. The van der Waals surface area contributed by atoms with Gasteiger partial charge in [-0.3, -0.25) is 14.5 Å². The molecule has 1 saturated heterocycles. The number of carbonyl (C=O) groups is 2. The van der Waals surface area contributed by atoms with E-state index >= 15 is 0 Å². The molecule has 0 aromatic heterocycles. The molecule has 3 rings (SSSR count). The molecule has 2 amide bonds. The maximum atomic E-state index is 12.7. The quantitative estimate of drug-likeness (QED) is 0.724. The minimum absolute atomic E-state index is 0.00723. The Balaban J connectivity index is 1.56. The van der Waals surface area contributed by atoms with Crippen molar-refractivity contribution in [2.24, 2.45) is 11.7 Å². The fourth-order valence-corrected chi connectivity index (χ4v) is 4.39. The van der Waals surface area contributed by atoms with Crippen molar-refractivity contribution >= 4 is 23.2 Å². The first-order chi connectivity index (χ1) is 13.4. The van der Waals surface area contributed by atoms with Crippen LogP contribution in [0.15, 0.2) is 24.3 Å². The molecule has 2 unspecified atom stereocenters. The number of carbonyl (C=O) groups excluding carboxylic acids is 2. The van der Waals surface area contributed by atoms with Crippen LogP contribution in [0, 0.1) is 5.92 Å². The molecular formula is C22H34N4O2. The van der Waals surface area contributed by atoms with E-state index in [0.717, 1.165) is 51.6 Å². The fourth-order valence-electron chi connectivity index (χ4n) is 4.39. The van der Waals surface area contributed by atoms with E-state index in [-0.39, 0.29) is 17.7 Å². The molecule has 2 fully saturated rings. The van der Waals surface area contributed by atoms with Crippen molar-refractivity contribution in [3.05, 3.63) is 24.3 Å². The molecule has 1 aromatic rings. The zero-order valence-electron chi connectivity index (χ0n) is 17.0. The SMILES string of the molecule is CC1(N)CCCCC1C(=O)Nc1cccc(NC(=O)CN2CCCCCC2)c1. The summed E-state index contributed by atoms with van der Waals surface area (Å²) in [6.07, 6.45) is 8.65. The molecule has 2 atom stereocenters. The summed E-state index contributed by atoms with van der Waals surface area (Å²) < 4.78 is 0. The molecule has 6 nitrogen and oxygen atoms in total. The molecule has 6 heteroatoms. The van der Waals surface area contributed by atoms with Gasteiger partial charge in [-0.25, -0.2) is 0 Å². The van der Waals surface area contributed by atoms with E-state index in [0.29, 0.717) is 17.9 Å². The van der Waals surface area contributed by atoms with E-state index in [1.165, 1.54) is 12.8 Å². The minimum Gasteiger partial charge on any atom is -0.326 e. The molecule has 2 aliphatic rings. The maximum Gasteiger partial charge on any atom is 0.238 e. The number of nitrogens with zero attached hydrogens (tertiary/aromatic N) is 1. The third-order valence-electron chi connectivity index (χ3n) is 6.05. The Morgan fingerprint density at radius 3 is 2.43 bits per heavy atom. The normalized spacial score (nSPS) is 26.3. The lowest BCUT2D eigenvalue weighted by Crippen LogP contribution is -2.51. The Morgan fingerprint density at radius 1 is 1.07 bits per heavy atom. The van der Waals surface area contributed by atoms with Gasteiger partial charge in [-0.1, -0.05) is 31.7 Å². The lowest BCUT2D eigenvalue weighted by atomic mass is 9.74. The number of nitrogens with two attached hydrogens (primary N) is 1. The van der Waals surface area contributed by atoms with Crippen LogP contribution in [0.4, 0.5) is 11.4 Å². The topological polar surface area (TPSA) is 87.5 Å². The highest BCUT2D eigenvalue weighted by molar-refractivity contribution is 5.96. The first-order valence-electron chi connectivity index (χ1n) is 10.7. The van der Waals surface area contributed by atoms with Crippen LogP contribution in [0.1, 0.15) is 58.3 Å². The molecule has 0 bridgehead atoms. The van der Waals surface area contributed by atoms with E-state index < -0.39 is 5.54 Å². The van der Waals surface area contributed by atoms with Crippen LogP contribution in [0.3, 0.4) is 0 Å². The molecule has 154 valence electrons. The van der Waals surface area contributed by atoms with Crippen LogP contribution in [0.5, 0.6) is 0 Å². The number of amides is 2. The number of benzene rings is 1. The Hall–Kier alpha value is -1.92. The molecule has 1 aliphatic heterocycles. The summed E-state index contributed by atoms with van der Waals surface area (Å²) in [5.41, 5.74) is 7.29. The van der Waals surface area contributed by atoms with Crippen LogP contribution in [0.2, 0.25) is 0 Å². The second-order valence-electron chi connectivity index (χ2n) is 8.61. The van der Waals surface area contributed by atoms with Gasteiger partial charge in [-0.2, -0.15) is 0 Å². The van der Waals surface area contributed by atoms with Crippen LogP contribution >= 0.6 is 0 Å². The minimum atomic E-state index is -0.457. The number of nitrogens with one attached hydrogen (secondary N) is 2. The van der Waals surface area contributed by atoms with Crippen molar-refractivity contribution in [1.29, 1.82) is 0 Å². The van der Waals surface area contributed by atoms with Crippen molar-refractivity contribution < 1.29 is 9.59 Å². The van der Waals surface area contributed by atoms with Crippen molar-refractivity contribution in [1.82, 2.24) is 4.90 Å². The van der Waals surface area contributed by atoms with Gasteiger partial charge in [0.1, 0.15) is 0 Å². The lowest BCUT2D eigenvalue weighted by molar-refractivity contribution is -0.122. The molecule has 0 radical (unpaired) electrons. The molecule has 28 heavy (non-hydrogen) atoms. The van der Waals surface area contributed by atoms with Crippen molar-refractivity contribution in [3.8, 4) is 0 Å². The average molecular weight is 387 g/mol. The summed E-state index contributed by atoms with van der Waals surface area (Å²) >= 11 is 0. The largest absolute Gasteiger partial charge is 0.326 e. The lowest BCUT2D eigenvalue weighted by Gasteiger charge is -2.37. The van der Waals surface area contributed by atoms with E-state index in [4.69, 9.17) is 5.73 Å². The van der Waals surface area contributed by atoms with E-state index in [1.54, 1.807) is 0 Å². The summed E-state index contributed by atoms with van der Waals surface area (Å²) in [4.78, 5) is 27.4.